The van der Waals surface area contributed by atoms with Crippen molar-refractivity contribution in [3.8, 4) is 5.75 Å². The molecule has 0 aromatic heterocycles. The lowest BCUT2D eigenvalue weighted by Gasteiger charge is -2.39. The van der Waals surface area contributed by atoms with Gasteiger partial charge in [0.05, 0.1) is 7.11 Å². The van der Waals surface area contributed by atoms with Crippen molar-refractivity contribution in [1.82, 2.24) is 0 Å². The Bertz CT molecular complexity index is 688. The summed E-state index contributed by atoms with van der Waals surface area (Å²) in [5.41, 5.74) is 2.94. The minimum Gasteiger partial charge on any atom is -0.497 e. The molecule has 0 aliphatic heterocycles. The van der Waals surface area contributed by atoms with Crippen LogP contribution in [0.4, 0.5) is 0 Å². The molecule has 2 aliphatic rings. The van der Waals surface area contributed by atoms with Gasteiger partial charge in [-0.3, -0.25) is 9.59 Å². The molecule has 0 bridgehead atoms. The number of fused-ring (bicyclic) bond motifs is 1. The Morgan fingerprint density at radius 2 is 2.04 bits per heavy atom. The minimum atomic E-state index is -0.0491. The van der Waals surface area contributed by atoms with Crippen LogP contribution in [0.15, 0.2) is 30.4 Å². The van der Waals surface area contributed by atoms with Crippen LogP contribution in [-0.2, 0) is 11.2 Å². The first kappa shape index (κ1) is 16.9. The van der Waals surface area contributed by atoms with E-state index in [0.29, 0.717) is 6.42 Å². The van der Waals surface area contributed by atoms with Crippen LogP contribution >= 0.6 is 0 Å². The standard InChI is InChI=1S/C21H26O3/c1-12(2)15-10-19(13(3)20(22)11-15)18-7-5-14-9-16(24-4)6-8-17(14)21(18)23/h6,8-9,13,15,18-19H,1,5,7,10-11H2,2-4H3/t13-,15+,18-,19-/m1/s1. The molecule has 0 radical (unpaired) electrons. The lowest BCUT2D eigenvalue weighted by molar-refractivity contribution is -0.128. The van der Waals surface area contributed by atoms with Gasteiger partial charge in [-0.15, -0.1) is 0 Å². The number of methoxy groups -OCH3 is 1. The molecule has 4 atom stereocenters. The molecule has 1 aromatic carbocycles. The average Bonchev–Trinajstić information content (AvgIpc) is 2.57. The van der Waals surface area contributed by atoms with E-state index in [4.69, 9.17) is 4.74 Å². The first-order valence-electron chi connectivity index (χ1n) is 8.81. The molecule has 1 aromatic rings. The topological polar surface area (TPSA) is 43.4 Å². The molecule has 3 rings (SSSR count). The fourth-order valence-corrected chi connectivity index (χ4v) is 4.37. The van der Waals surface area contributed by atoms with Gasteiger partial charge in [0.25, 0.3) is 0 Å². The molecule has 2 aliphatic carbocycles. The zero-order valence-corrected chi connectivity index (χ0v) is 14.8. The largest absolute Gasteiger partial charge is 0.497 e. The van der Waals surface area contributed by atoms with Gasteiger partial charge in [-0.2, -0.15) is 0 Å². The maximum atomic E-state index is 13.1. The molecule has 3 nitrogen and oxygen atoms in total. The Balaban J connectivity index is 1.87. The highest BCUT2D eigenvalue weighted by Gasteiger charge is 2.42. The maximum Gasteiger partial charge on any atom is 0.166 e. The third-order valence-corrected chi connectivity index (χ3v) is 6.01. The van der Waals surface area contributed by atoms with Crippen LogP contribution < -0.4 is 4.74 Å². The summed E-state index contributed by atoms with van der Waals surface area (Å²) in [5.74, 6) is 1.56. The van der Waals surface area contributed by atoms with Gasteiger partial charge in [0.15, 0.2) is 5.78 Å². The molecule has 1 fully saturated rings. The zero-order chi connectivity index (χ0) is 17.4. The number of hydrogen-bond donors (Lipinski definition) is 0. The van der Waals surface area contributed by atoms with Gasteiger partial charge in [-0.25, -0.2) is 0 Å². The van der Waals surface area contributed by atoms with Gasteiger partial charge < -0.3 is 4.74 Å². The number of hydrogen-bond acceptors (Lipinski definition) is 3. The van der Waals surface area contributed by atoms with Gasteiger partial charge in [0.1, 0.15) is 11.5 Å². The summed E-state index contributed by atoms with van der Waals surface area (Å²) in [6, 6.07) is 5.70. The van der Waals surface area contributed by atoms with Crippen LogP contribution in [-0.4, -0.2) is 18.7 Å². The molecule has 3 heteroatoms. The Hall–Kier alpha value is -1.90. The molecule has 0 N–H and O–H groups in total. The van der Waals surface area contributed by atoms with E-state index in [9.17, 15) is 9.59 Å². The van der Waals surface area contributed by atoms with Crippen LogP contribution in [0.5, 0.6) is 5.75 Å². The minimum absolute atomic E-state index is 0.0330. The highest BCUT2D eigenvalue weighted by Crippen LogP contribution is 2.43. The summed E-state index contributed by atoms with van der Waals surface area (Å²) in [6.45, 7) is 8.03. The van der Waals surface area contributed by atoms with Crippen LogP contribution in [0.3, 0.4) is 0 Å². The summed E-state index contributed by atoms with van der Waals surface area (Å²) < 4.78 is 5.26. The number of ketones is 2. The van der Waals surface area contributed by atoms with E-state index < -0.39 is 0 Å². The first-order chi connectivity index (χ1) is 11.4. The smallest absolute Gasteiger partial charge is 0.166 e. The van der Waals surface area contributed by atoms with Gasteiger partial charge in [-0.05, 0) is 61.8 Å². The predicted octanol–water partition coefficient (Wildman–Crippen LogP) is 4.25. The van der Waals surface area contributed by atoms with Crippen molar-refractivity contribution in [1.29, 1.82) is 0 Å². The summed E-state index contributed by atoms with van der Waals surface area (Å²) in [4.78, 5) is 25.5. The van der Waals surface area contributed by atoms with Gasteiger partial charge in [0, 0.05) is 23.8 Å². The van der Waals surface area contributed by atoms with Crippen molar-refractivity contribution in [2.75, 3.05) is 7.11 Å². The van der Waals surface area contributed by atoms with Crippen LogP contribution in [0, 0.1) is 23.7 Å². The third-order valence-electron chi connectivity index (χ3n) is 6.01. The molecule has 0 unspecified atom stereocenters. The molecule has 128 valence electrons. The Kier molecular flexibility index (Phi) is 4.62. The third kappa shape index (κ3) is 2.92. The second-order valence-corrected chi connectivity index (χ2v) is 7.43. The molecule has 0 saturated heterocycles. The van der Waals surface area contributed by atoms with Crippen molar-refractivity contribution in [3.05, 3.63) is 41.5 Å². The highest BCUT2D eigenvalue weighted by atomic mass is 16.5. The SMILES string of the molecule is C=C(C)[C@@H]1CC(=O)[C@H](C)[C@H]([C@H]2CCc3cc(OC)ccc3C2=O)C1. The van der Waals surface area contributed by atoms with E-state index in [1.165, 1.54) is 0 Å². The number of allylic oxidation sites excluding steroid dienone is 1. The molecule has 0 amide bonds. The van der Waals surface area contributed by atoms with Gasteiger partial charge in [-0.1, -0.05) is 19.1 Å². The molecule has 1 saturated carbocycles. The van der Waals surface area contributed by atoms with Gasteiger partial charge in [0.2, 0.25) is 0 Å². The quantitative estimate of drug-likeness (QED) is 0.780. The second-order valence-electron chi connectivity index (χ2n) is 7.43. The van der Waals surface area contributed by atoms with E-state index >= 15 is 0 Å². The molecule has 0 spiro atoms. The molecular weight excluding hydrogens is 300 g/mol. The maximum absolute atomic E-state index is 13.1. The van der Waals surface area contributed by atoms with Crippen molar-refractivity contribution < 1.29 is 14.3 Å². The highest BCUT2D eigenvalue weighted by molar-refractivity contribution is 6.01. The van der Waals surface area contributed by atoms with Crippen LogP contribution in [0.25, 0.3) is 0 Å². The summed E-state index contributed by atoms with van der Waals surface area (Å²) >= 11 is 0. The summed E-state index contributed by atoms with van der Waals surface area (Å²) in [5, 5.41) is 0. The Morgan fingerprint density at radius 1 is 1.29 bits per heavy atom. The van der Waals surface area contributed by atoms with Crippen LogP contribution in [0.2, 0.25) is 0 Å². The predicted molar refractivity (Wildman–Crippen MR) is 94.3 cm³/mol. The van der Waals surface area contributed by atoms with E-state index in [1.807, 2.05) is 32.0 Å². The van der Waals surface area contributed by atoms with E-state index in [-0.39, 0.29) is 35.2 Å². The number of benzene rings is 1. The van der Waals surface area contributed by atoms with Crippen LogP contribution in [0.1, 0.15) is 49.0 Å². The Morgan fingerprint density at radius 3 is 2.71 bits per heavy atom. The molecular formula is C21H26O3. The van der Waals surface area contributed by atoms with E-state index in [2.05, 4.69) is 6.58 Å². The lowest BCUT2D eigenvalue weighted by Crippen LogP contribution is -2.40. The van der Waals surface area contributed by atoms with Gasteiger partial charge >= 0.3 is 0 Å². The summed E-state index contributed by atoms with van der Waals surface area (Å²) in [7, 11) is 1.64. The number of carbonyl (C=O) groups excluding carboxylic acids is 2. The number of Topliss-reactive ketones (excluding diaryl/α,β-unsaturated/α-hetero) is 2. The fourth-order valence-electron chi connectivity index (χ4n) is 4.37. The summed E-state index contributed by atoms with van der Waals surface area (Å²) in [6.07, 6.45) is 3.19. The van der Waals surface area contributed by atoms with Crippen molar-refractivity contribution in [2.45, 2.75) is 39.5 Å². The van der Waals surface area contributed by atoms with E-state index in [1.54, 1.807) is 7.11 Å². The lowest BCUT2D eigenvalue weighted by atomic mass is 9.63. The average molecular weight is 326 g/mol. The number of rotatable bonds is 3. The fraction of sp³-hybridized carbons (Fsp3) is 0.524. The van der Waals surface area contributed by atoms with Crippen molar-refractivity contribution in [3.63, 3.8) is 0 Å². The number of carbonyl (C=O) groups is 2. The van der Waals surface area contributed by atoms with Crippen molar-refractivity contribution in [2.24, 2.45) is 23.7 Å². The number of aryl methyl sites for hydroxylation is 1. The second kappa shape index (κ2) is 6.54. The van der Waals surface area contributed by atoms with E-state index in [0.717, 1.165) is 41.7 Å². The number of ether oxygens (including phenoxy) is 1. The first-order valence-corrected chi connectivity index (χ1v) is 8.81. The monoisotopic (exact) mass is 326 g/mol. The Labute approximate surface area is 144 Å². The zero-order valence-electron chi connectivity index (χ0n) is 14.8. The van der Waals surface area contributed by atoms with Crippen molar-refractivity contribution >= 4 is 11.6 Å². The molecule has 0 heterocycles. The normalized spacial score (nSPS) is 30.0. The molecule has 24 heavy (non-hydrogen) atoms.